The number of aromatic nitrogens is 2. The molecule has 32 heavy (non-hydrogen) atoms. The van der Waals surface area contributed by atoms with E-state index < -0.39 is 0 Å². The monoisotopic (exact) mass is 436 g/mol. The summed E-state index contributed by atoms with van der Waals surface area (Å²) < 4.78 is 16.7. The predicted octanol–water partition coefficient (Wildman–Crippen LogP) is 4.47. The van der Waals surface area contributed by atoms with Gasteiger partial charge in [0.05, 0.1) is 32.2 Å². The SMILES string of the molecule is CCCCOc1ccc(/C=N\Nc2nc(-c3ccc(OC)cc3)cc(=O)[nH]2)cc1OCC. The Morgan fingerprint density at radius 3 is 2.59 bits per heavy atom. The molecule has 2 aromatic carbocycles. The van der Waals surface area contributed by atoms with Crippen molar-refractivity contribution in [2.75, 3.05) is 25.7 Å². The number of unbranched alkanes of at least 4 members (excludes halogenated alkanes) is 1. The number of H-pyrrole nitrogens is 1. The summed E-state index contributed by atoms with van der Waals surface area (Å²) in [4.78, 5) is 19.1. The Balaban J connectivity index is 1.73. The van der Waals surface area contributed by atoms with Gasteiger partial charge in [0.2, 0.25) is 5.95 Å². The molecule has 0 aliphatic heterocycles. The minimum atomic E-state index is -0.282. The summed E-state index contributed by atoms with van der Waals surface area (Å²) >= 11 is 0. The Hall–Kier alpha value is -3.81. The topological polar surface area (TPSA) is 97.8 Å². The molecule has 0 saturated carbocycles. The van der Waals surface area contributed by atoms with Gasteiger partial charge in [-0.15, -0.1) is 0 Å². The second kappa shape index (κ2) is 11.5. The molecular weight excluding hydrogens is 408 g/mol. The van der Waals surface area contributed by atoms with Crippen molar-refractivity contribution in [2.24, 2.45) is 5.10 Å². The van der Waals surface area contributed by atoms with Crippen molar-refractivity contribution in [2.45, 2.75) is 26.7 Å². The first kappa shape index (κ1) is 22.9. The number of anilines is 1. The molecule has 0 bridgehead atoms. The van der Waals surface area contributed by atoms with Crippen molar-refractivity contribution >= 4 is 12.2 Å². The van der Waals surface area contributed by atoms with Crippen LogP contribution in [0.1, 0.15) is 32.3 Å². The van der Waals surface area contributed by atoms with Gasteiger partial charge in [-0.3, -0.25) is 9.78 Å². The maximum atomic E-state index is 12.1. The van der Waals surface area contributed by atoms with Gasteiger partial charge < -0.3 is 14.2 Å². The first-order chi connectivity index (χ1) is 15.6. The van der Waals surface area contributed by atoms with Crippen molar-refractivity contribution in [1.29, 1.82) is 0 Å². The van der Waals surface area contributed by atoms with E-state index in [9.17, 15) is 4.79 Å². The second-order valence-electron chi connectivity index (χ2n) is 6.92. The molecule has 0 aliphatic rings. The first-order valence-electron chi connectivity index (χ1n) is 10.6. The second-order valence-corrected chi connectivity index (χ2v) is 6.92. The van der Waals surface area contributed by atoms with Crippen LogP contribution in [0.2, 0.25) is 0 Å². The maximum absolute atomic E-state index is 12.1. The number of methoxy groups -OCH3 is 1. The normalized spacial score (nSPS) is 10.8. The van der Waals surface area contributed by atoms with Gasteiger partial charge in [-0.1, -0.05) is 13.3 Å². The van der Waals surface area contributed by atoms with Crippen molar-refractivity contribution in [3.63, 3.8) is 0 Å². The molecule has 0 atom stereocenters. The van der Waals surface area contributed by atoms with E-state index in [0.29, 0.717) is 30.4 Å². The minimum absolute atomic E-state index is 0.240. The highest BCUT2D eigenvalue weighted by molar-refractivity contribution is 5.81. The molecular formula is C24H28N4O4. The fourth-order valence-electron chi connectivity index (χ4n) is 2.91. The maximum Gasteiger partial charge on any atom is 0.252 e. The molecule has 0 saturated heterocycles. The predicted molar refractivity (Wildman–Crippen MR) is 126 cm³/mol. The van der Waals surface area contributed by atoms with Crippen molar-refractivity contribution in [3.05, 3.63) is 64.4 Å². The molecule has 0 radical (unpaired) electrons. The largest absolute Gasteiger partial charge is 0.497 e. The van der Waals surface area contributed by atoms with Crippen LogP contribution in [-0.2, 0) is 0 Å². The summed E-state index contributed by atoms with van der Waals surface area (Å²) in [7, 11) is 1.60. The zero-order valence-corrected chi connectivity index (χ0v) is 18.6. The third kappa shape index (κ3) is 6.34. The lowest BCUT2D eigenvalue weighted by atomic mass is 10.1. The van der Waals surface area contributed by atoms with Crippen molar-refractivity contribution in [3.8, 4) is 28.5 Å². The van der Waals surface area contributed by atoms with Crippen LogP contribution < -0.4 is 25.2 Å². The highest BCUT2D eigenvalue weighted by Gasteiger charge is 2.07. The fourth-order valence-corrected chi connectivity index (χ4v) is 2.91. The van der Waals surface area contributed by atoms with Crippen LogP contribution in [0.4, 0.5) is 5.95 Å². The number of hydrazone groups is 1. The molecule has 168 valence electrons. The Morgan fingerprint density at radius 2 is 1.88 bits per heavy atom. The Labute approximate surface area is 187 Å². The molecule has 8 heteroatoms. The van der Waals surface area contributed by atoms with Gasteiger partial charge in [0.15, 0.2) is 11.5 Å². The van der Waals surface area contributed by atoms with Crippen LogP contribution in [0, 0.1) is 0 Å². The number of rotatable bonds is 11. The number of hydrogen-bond donors (Lipinski definition) is 2. The molecule has 8 nitrogen and oxygen atoms in total. The smallest absolute Gasteiger partial charge is 0.252 e. The van der Waals surface area contributed by atoms with Crippen LogP contribution in [-0.4, -0.2) is 36.5 Å². The molecule has 3 aromatic rings. The fraction of sp³-hybridized carbons (Fsp3) is 0.292. The summed E-state index contributed by atoms with van der Waals surface area (Å²) in [6.45, 7) is 5.23. The lowest BCUT2D eigenvalue weighted by Crippen LogP contribution is -2.10. The van der Waals surface area contributed by atoms with Gasteiger partial charge in [-0.05, 0) is 61.4 Å². The van der Waals surface area contributed by atoms with Crippen molar-refractivity contribution in [1.82, 2.24) is 9.97 Å². The highest BCUT2D eigenvalue weighted by Crippen LogP contribution is 2.28. The summed E-state index contributed by atoms with van der Waals surface area (Å²) in [6.07, 6.45) is 3.67. The average molecular weight is 437 g/mol. The van der Waals surface area contributed by atoms with Gasteiger partial charge in [-0.2, -0.15) is 5.10 Å². The van der Waals surface area contributed by atoms with Crippen molar-refractivity contribution < 1.29 is 14.2 Å². The summed E-state index contributed by atoms with van der Waals surface area (Å²) in [6, 6.07) is 14.4. The van der Waals surface area contributed by atoms with Crippen LogP contribution in [0.5, 0.6) is 17.2 Å². The quantitative estimate of drug-likeness (QED) is 0.261. The Morgan fingerprint density at radius 1 is 1.06 bits per heavy atom. The standard InChI is InChI=1S/C24H28N4O4/c1-4-6-13-32-21-12-7-17(14-22(21)31-5-2)16-25-28-24-26-20(15-23(29)27-24)18-8-10-19(30-3)11-9-18/h7-12,14-16H,4-6,13H2,1-3H3,(H2,26,27,28,29)/b25-16-. The molecule has 0 unspecified atom stereocenters. The molecule has 1 aromatic heterocycles. The number of hydrogen-bond acceptors (Lipinski definition) is 7. The number of nitrogens with one attached hydrogen (secondary N) is 2. The number of ether oxygens (including phenoxy) is 3. The highest BCUT2D eigenvalue weighted by atomic mass is 16.5. The van der Waals surface area contributed by atoms with E-state index in [4.69, 9.17) is 14.2 Å². The van der Waals surface area contributed by atoms with Gasteiger partial charge in [0.25, 0.3) is 5.56 Å². The molecule has 2 N–H and O–H groups in total. The van der Waals surface area contributed by atoms with E-state index in [1.165, 1.54) is 6.07 Å². The number of aromatic amines is 1. The van der Waals surface area contributed by atoms with E-state index >= 15 is 0 Å². The molecule has 0 spiro atoms. The average Bonchev–Trinajstić information content (AvgIpc) is 2.80. The number of benzene rings is 2. The molecule has 0 amide bonds. The molecule has 3 rings (SSSR count). The lowest BCUT2D eigenvalue weighted by Gasteiger charge is -2.12. The summed E-state index contributed by atoms with van der Waals surface area (Å²) in [5, 5.41) is 4.20. The Kier molecular flexibility index (Phi) is 8.25. The zero-order valence-electron chi connectivity index (χ0n) is 18.6. The summed E-state index contributed by atoms with van der Waals surface area (Å²) in [5.41, 5.74) is 4.64. The molecule has 0 aliphatic carbocycles. The lowest BCUT2D eigenvalue weighted by molar-refractivity contribution is 0.272. The van der Waals surface area contributed by atoms with Gasteiger partial charge >= 0.3 is 0 Å². The van der Waals surface area contributed by atoms with Crippen LogP contribution in [0.25, 0.3) is 11.3 Å². The first-order valence-corrected chi connectivity index (χ1v) is 10.6. The molecule has 1 heterocycles. The van der Waals surface area contributed by atoms with Gasteiger partial charge in [-0.25, -0.2) is 10.4 Å². The van der Waals surface area contributed by atoms with E-state index in [2.05, 4.69) is 27.4 Å². The van der Waals surface area contributed by atoms with E-state index in [1.807, 2.05) is 49.4 Å². The van der Waals surface area contributed by atoms with Gasteiger partial charge in [0.1, 0.15) is 5.75 Å². The third-order valence-corrected chi connectivity index (χ3v) is 4.53. The van der Waals surface area contributed by atoms with E-state index in [-0.39, 0.29) is 11.5 Å². The van der Waals surface area contributed by atoms with E-state index in [1.54, 1.807) is 13.3 Å². The van der Waals surface area contributed by atoms with Gasteiger partial charge in [0, 0.05) is 11.6 Å². The van der Waals surface area contributed by atoms with Crippen LogP contribution in [0.15, 0.2) is 58.4 Å². The zero-order chi connectivity index (χ0) is 22.8. The minimum Gasteiger partial charge on any atom is -0.497 e. The third-order valence-electron chi connectivity index (χ3n) is 4.53. The van der Waals surface area contributed by atoms with E-state index in [0.717, 1.165) is 29.7 Å². The number of nitrogens with zero attached hydrogens (tertiary/aromatic N) is 2. The summed E-state index contributed by atoms with van der Waals surface area (Å²) in [5.74, 6) is 2.35. The Bertz CT molecular complexity index is 1090. The van der Waals surface area contributed by atoms with Crippen LogP contribution >= 0.6 is 0 Å². The molecule has 0 fully saturated rings. The van der Waals surface area contributed by atoms with Crippen LogP contribution in [0.3, 0.4) is 0 Å².